The van der Waals surface area contributed by atoms with Crippen LogP contribution in [-0.4, -0.2) is 51.7 Å². The van der Waals surface area contributed by atoms with Gasteiger partial charge in [-0.3, -0.25) is 4.79 Å². The summed E-state index contributed by atoms with van der Waals surface area (Å²) in [5, 5.41) is 7.24. The first kappa shape index (κ1) is 19.3. The fraction of sp³-hybridized carbons (Fsp3) is 0.467. The highest BCUT2D eigenvalue weighted by Crippen LogP contribution is 2.21. The van der Waals surface area contributed by atoms with E-state index < -0.39 is 31.2 Å². The standard InChI is InChI=1S/C15H17FN2O5S2/c16-25(22,23)14-7-9-18(11-14)15(19)12-3-5-13(6-4-12)24(20,21)10-2-1-8-17/h3-6,14H,1-2,7,9-11H2. The summed E-state index contributed by atoms with van der Waals surface area (Å²) in [6, 6.07) is 7.17. The van der Waals surface area contributed by atoms with E-state index in [-0.39, 0.29) is 48.6 Å². The van der Waals surface area contributed by atoms with Crippen LogP contribution in [0.15, 0.2) is 29.2 Å². The van der Waals surface area contributed by atoms with E-state index in [9.17, 15) is 25.5 Å². The molecule has 0 bridgehead atoms. The summed E-state index contributed by atoms with van der Waals surface area (Å²) in [5.41, 5.74) is 0.202. The Hall–Kier alpha value is -1.99. The maximum absolute atomic E-state index is 13.0. The smallest absolute Gasteiger partial charge is 0.307 e. The number of likely N-dealkylation sites (tertiary alicyclic amines) is 1. The first-order chi connectivity index (χ1) is 11.6. The monoisotopic (exact) mass is 388 g/mol. The van der Waals surface area contributed by atoms with E-state index in [4.69, 9.17) is 5.26 Å². The van der Waals surface area contributed by atoms with Crippen LogP contribution in [-0.2, 0) is 20.1 Å². The number of nitriles is 1. The first-order valence-electron chi connectivity index (χ1n) is 7.57. The molecule has 1 atom stereocenters. The predicted octanol–water partition coefficient (Wildman–Crippen LogP) is 1.28. The van der Waals surface area contributed by atoms with Crippen LogP contribution in [0, 0.1) is 11.3 Å². The van der Waals surface area contributed by atoms with Gasteiger partial charge in [-0.15, -0.1) is 3.89 Å². The molecular weight excluding hydrogens is 371 g/mol. The molecule has 0 aliphatic carbocycles. The highest BCUT2D eigenvalue weighted by Gasteiger charge is 2.35. The Morgan fingerprint density at radius 1 is 1.24 bits per heavy atom. The number of amides is 1. The third-order valence-corrected chi connectivity index (χ3v) is 6.99. The van der Waals surface area contributed by atoms with E-state index in [1.807, 2.05) is 6.07 Å². The maximum Gasteiger partial charge on any atom is 0.307 e. The molecule has 0 N–H and O–H groups in total. The Bertz CT molecular complexity index is 889. The van der Waals surface area contributed by atoms with E-state index in [1.54, 1.807) is 0 Å². The second kappa shape index (κ2) is 7.49. The molecule has 2 rings (SSSR count). The predicted molar refractivity (Wildman–Crippen MR) is 87.7 cm³/mol. The molecule has 1 aliphatic heterocycles. The average Bonchev–Trinajstić information content (AvgIpc) is 3.05. The Morgan fingerprint density at radius 3 is 2.40 bits per heavy atom. The molecule has 1 heterocycles. The SMILES string of the molecule is N#CCCCS(=O)(=O)c1ccc(C(=O)N2CCC(S(=O)(=O)F)C2)cc1. The molecule has 0 spiro atoms. The molecule has 1 aromatic rings. The van der Waals surface area contributed by atoms with Crippen molar-refractivity contribution in [2.75, 3.05) is 18.8 Å². The molecule has 1 fully saturated rings. The van der Waals surface area contributed by atoms with E-state index in [2.05, 4.69) is 0 Å². The van der Waals surface area contributed by atoms with Gasteiger partial charge in [-0.1, -0.05) is 0 Å². The molecule has 7 nitrogen and oxygen atoms in total. The molecule has 0 radical (unpaired) electrons. The molecule has 10 heteroatoms. The number of hydrogen-bond acceptors (Lipinski definition) is 6. The third kappa shape index (κ3) is 4.76. The van der Waals surface area contributed by atoms with Crippen LogP contribution in [0.2, 0.25) is 0 Å². The van der Waals surface area contributed by atoms with Crippen LogP contribution in [0.3, 0.4) is 0 Å². The van der Waals surface area contributed by atoms with Gasteiger partial charge in [-0.05, 0) is 37.1 Å². The van der Waals surface area contributed by atoms with Crippen LogP contribution in [0.25, 0.3) is 0 Å². The van der Waals surface area contributed by atoms with Gasteiger partial charge in [-0.25, -0.2) is 8.42 Å². The van der Waals surface area contributed by atoms with Crippen molar-refractivity contribution in [3.8, 4) is 6.07 Å². The summed E-state index contributed by atoms with van der Waals surface area (Å²) in [6.45, 7) is -0.0905. The summed E-state index contributed by atoms with van der Waals surface area (Å²) >= 11 is 0. The van der Waals surface area contributed by atoms with Crippen molar-refractivity contribution < 1.29 is 25.5 Å². The van der Waals surface area contributed by atoms with Gasteiger partial charge in [0.1, 0.15) is 5.25 Å². The van der Waals surface area contributed by atoms with Crippen LogP contribution < -0.4 is 0 Å². The fourth-order valence-corrected chi connectivity index (χ4v) is 4.64. The van der Waals surface area contributed by atoms with Crippen molar-refractivity contribution in [1.82, 2.24) is 4.90 Å². The van der Waals surface area contributed by atoms with Gasteiger partial charge in [0.25, 0.3) is 5.91 Å². The third-order valence-electron chi connectivity index (χ3n) is 3.99. The van der Waals surface area contributed by atoms with Crippen molar-refractivity contribution in [2.45, 2.75) is 29.4 Å². The zero-order valence-corrected chi connectivity index (χ0v) is 14.9. The number of carbonyl (C=O) groups is 1. The van der Waals surface area contributed by atoms with Crippen molar-refractivity contribution >= 4 is 26.0 Å². The Morgan fingerprint density at radius 2 is 1.88 bits per heavy atom. The van der Waals surface area contributed by atoms with Gasteiger partial charge in [0.15, 0.2) is 9.84 Å². The fourth-order valence-electron chi connectivity index (χ4n) is 2.59. The van der Waals surface area contributed by atoms with Gasteiger partial charge in [0, 0.05) is 25.1 Å². The van der Waals surface area contributed by atoms with Crippen LogP contribution in [0.1, 0.15) is 29.6 Å². The van der Waals surface area contributed by atoms with Crippen molar-refractivity contribution in [1.29, 1.82) is 5.26 Å². The first-order valence-corrected chi connectivity index (χ1v) is 10.7. The van der Waals surface area contributed by atoms with Crippen LogP contribution in [0.5, 0.6) is 0 Å². The van der Waals surface area contributed by atoms with E-state index in [0.717, 1.165) is 0 Å². The number of unbranched alkanes of at least 4 members (excludes halogenated alkanes) is 1. The maximum atomic E-state index is 13.0. The minimum Gasteiger partial charge on any atom is -0.337 e. The molecule has 136 valence electrons. The van der Waals surface area contributed by atoms with E-state index in [1.165, 1.54) is 29.2 Å². The lowest BCUT2D eigenvalue weighted by molar-refractivity contribution is 0.0793. The zero-order chi connectivity index (χ0) is 18.7. The number of halogens is 1. The Labute approximate surface area is 146 Å². The summed E-state index contributed by atoms with van der Waals surface area (Å²) < 4.78 is 59.0. The number of sulfone groups is 1. The second-order valence-corrected chi connectivity index (χ2v) is 9.47. The number of rotatable bonds is 6. The molecule has 0 aromatic heterocycles. The van der Waals surface area contributed by atoms with E-state index in [0.29, 0.717) is 0 Å². The summed E-state index contributed by atoms with van der Waals surface area (Å²) in [6.07, 6.45) is 0.408. The average molecular weight is 388 g/mol. The normalized spacial score (nSPS) is 18.1. The molecule has 1 unspecified atom stereocenters. The van der Waals surface area contributed by atoms with Gasteiger partial charge in [0.2, 0.25) is 0 Å². The molecule has 1 saturated heterocycles. The minimum absolute atomic E-state index is 0.0376. The van der Waals surface area contributed by atoms with Gasteiger partial charge >= 0.3 is 10.2 Å². The van der Waals surface area contributed by atoms with Gasteiger partial charge in [0.05, 0.1) is 16.7 Å². The van der Waals surface area contributed by atoms with Crippen LogP contribution in [0.4, 0.5) is 3.89 Å². The summed E-state index contributed by atoms with van der Waals surface area (Å²) in [5.74, 6) is -0.629. The molecule has 1 amide bonds. The van der Waals surface area contributed by atoms with Gasteiger partial charge < -0.3 is 4.90 Å². The lowest BCUT2D eigenvalue weighted by Gasteiger charge is -2.16. The number of carbonyl (C=O) groups excluding carboxylic acids is 1. The minimum atomic E-state index is -4.68. The van der Waals surface area contributed by atoms with Crippen molar-refractivity contribution in [3.63, 3.8) is 0 Å². The molecule has 1 aliphatic rings. The number of hydrogen-bond donors (Lipinski definition) is 0. The van der Waals surface area contributed by atoms with Crippen LogP contribution >= 0.6 is 0 Å². The Kier molecular flexibility index (Phi) is 5.80. The topological polar surface area (TPSA) is 112 Å². The molecule has 0 saturated carbocycles. The highest BCUT2D eigenvalue weighted by atomic mass is 32.3. The lowest BCUT2D eigenvalue weighted by atomic mass is 10.2. The zero-order valence-electron chi connectivity index (χ0n) is 13.3. The lowest BCUT2D eigenvalue weighted by Crippen LogP contribution is -2.31. The molecular formula is C15H17FN2O5S2. The molecule has 1 aromatic carbocycles. The largest absolute Gasteiger partial charge is 0.337 e. The Balaban J connectivity index is 2.08. The second-order valence-electron chi connectivity index (χ2n) is 5.74. The van der Waals surface area contributed by atoms with Gasteiger partial charge in [-0.2, -0.15) is 13.7 Å². The van der Waals surface area contributed by atoms with Crippen molar-refractivity contribution in [2.24, 2.45) is 0 Å². The number of nitrogens with zero attached hydrogens (tertiary/aromatic N) is 2. The number of benzene rings is 1. The quantitative estimate of drug-likeness (QED) is 0.536. The van der Waals surface area contributed by atoms with E-state index >= 15 is 0 Å². The van der Waals surface area contributed by atoms with Crippen molar-refractivity contribution in [3.05, 3.63) is 29.8 Å². The molecule has 25 heavy (non-hydrogen) atoms. The summed E-state index contributed by atoms with van der Waals surface area (Å²) in [4.78, 5) is 13.6. The summed E-state index contributed by atoms with van der Waals surface area (Å²) in [7, 11) is -8.21. The highest BCUT2D eigenvalue weighted by molar-refractivity contribution is 7.91.